The van der Waals surface area contributed by atoms with Crippen molar-refractivity contribution < 1.29 is 0 Å². The lowest BCUT2D eigenvalue weighted by Crippen LogP contribution is -2.21. The number of hydrogen-bond acceptors (Lipinski definition) is 2. The van der Waals surface area contributed by atoms with E-state index in [0.29, 0.717) is 11.3 Å². The normalized spacial score (nSPS) is 13.1. The molecule has 0 spiro atoms. The maximum absolute atomic E-state index is 5.99. The molecule has 16 heavy (non-hydrogen) atoms. The second-order valence-corrected chi connectivity index (χ2v) is 6.28. The quantitative estimate of drug-likeness (QED) is 0.789. The second kappa shape index (κ2) is 6.31. The fourth-order valence-electron chi connectivity index (χ4n) is 1.67. The minimum Gasteiger partial charge on any atom is -0.327 e. The van der Waals surface area contributed by atoms with Crippen molar-refractivity contribution in [2.45, 2.75) is 56.7 Å². The molecule has 0 bridgehead atoms. The third-order valence-electron chi connectivity index (χ3n) is 2.69. The summed E-state index contributed by atoms with van der Waals surface area (Å²) in [5, 5.41) is 0.642. The molecule has 0 radical (unpaired) electrons. The summed E-state index contributed by atoms with van der Waals surface area (Å²) in [6.07, 6.45) is 2.04. The molecule has 0 saturated heterocycles. The zero-order valence-electron chi connectivity index (χ0n) is 10.8. The van der Waals surface area contributed by atoms with Crippen LogP contribution < -0.4 is 5.73 Å². The maximum Gasteiger partial charge on any atom is 0.00774 e. The highest BCUT2D eigenvalue weighted by molar-refractivity contribution is 7.99. The summed E-state index contributed by atoms with van der Waals surface area (Å²) in [6, 6.07) is 7.02. The van der Waals surface area contributed by atoms with Gasteiger partial charge in [0, 0.05) is 16.2 Å². The molecule has 1 unspecified atom stereocenters. The SMILES string of the molecule is CCC(N)Cc1ccc(SC(C)C)cc1C. The Morgan fingerprint density at radius 1 is 1.31 bits per heavy atom. The van der Waals surface area contributed by atoms with Crippen LogP contribution in [0.4, 0.5) is 0 Å². The first-order chi connectivity index (χ1) is 7.52. The van der Waals surface area contributed by atoms with Gasteiger partial charge in [-0.05, 0) is 43.0 Å². The van der Waals surface area contributed by atoms with Crippen LogP contribution in [0.25, 0.3) is 0 Å². The highest BCUT2D eigenvalue weighted by Crippen LogP contribution is 2.25. The fourth-order valence-corrected chi connectivity index (χ4v) is 2.61. The molecule has 2 N–H and O–H groups in total. The van der Waals surface area contributed by atoms with Crippen LogP contribution in [0.5, 0.6) is 0 Å². The topological polar surface area (TPSA) is 26.0 Å². The van der Waals surface area contributed by atoms with Crippen LogP contribution in [0.15, 0.2) is 23.1 Å². The number of hydrogen-bond donors (Lipinski definition) is 1. The average Bonchev–Trinajstić information content (AvgIpc) is 2.21. The summed E-state index contributed by atoms with van der Waals surface area (Å²) < 4.78 is 0. The van der Waals surface area contributed by atoms with Crippen molar-refractivity contribution in [1.29, 1.82) is 0 Å². The molecule has 1 aromatic rings. The largest absolute Gasteiger partial charge is 0.327 e. The van der Waals surface area contributed by atoms with E-state index in [4.69, 9.17) is 5.73 Å². The summed E-state index contributed by atoms with van der Waals surface area (Å²) in [7, 11) is 0. The minimum absolute atomic E-state index is 0.294. The molecule has 2 heteroatoms. The van der Waals surface area contributed by atoms with Crippen molar-refractivity contribution in [3.63, 3.8) is 0 Å². The molecule has 0 amide bonds. The Hall–Kier alpha value is -0.470. The second-order valence-electron chi connectivity index (χ2n) is 4.63. The van der Waals surface area contributed by atoms with E-state index in [2.05, 4.69) is 45.9 Å². The Morgan fingerprint density at radius 3 is 2.50 bits per heavy atom. The average molecular weight is 237 g/mol. The van der Waals surface area contributed by atoms with Gasteiger partial charge in [-0.15, -0.1) is 11.8 Å². The first kappa shape index (κ1) is 13.6. The van der Waals surface area contributed by atoms with E-state index >= 15 is 0 Å². The third-order valence-corrected chi connectivity index (χ3v) is 3.69. The molecule has 0 aromatic heterocycles. The number of benzene rings is 1. The molecule has 1 atom stereocenters. The van der Waals surface area contributed by atoms with Crippen LogP contribution in [0.3, 0.4) is 0 Å². The Kier molecular flexibility index (Phi) is 5.36. The maximum atomic E-state index is 5.99. The monoisotopic (exact) mass is 237 g/mol. The first-order valence-electron chi connectivity index (χ1n) is 6.04. The lowest BCUT2D eigenvalue weighted by molar-refractivity contribution is 0.644. The molecule has 0 heterocycles. The van der Waals surface area contributed by atoms with Crippen LogP contribution >= 0.6 is 11.8 Å². The van der Waals surface area contributed by atoms with Gasteiger partial charge in [0.25, 0.3) is 0 Å². The summed E-state index contributed by atoms with van der Waals surface area (Å²) in [5.74, 6) is 0. The third kappa shape index (κ3) is 4.18. The molecular weight excluding hydrogens is 214 g/mol. The van der Waals surface area contributed by atoms with Crippen molar-refractivity contribution >= 4 is 11.8 Å². The summed E-state index contributed by atoms with van der Waals surface area (Å²) in [6.45, 7) is 8.77. The number of nitrogens with two attached hydrogens (primary N) is 1. The van der Waals surface area contributed by atoms with Crippen molar-refractivity contribution in [2.75, 3.05) is 0 Å². The van der Waals surface area contributed by atoms with E-state index in [1.165, 1.54) is 16.0 Å². The Morgan fingerprint density at radius 2 is 2.00 bits per heavy atom. The van der Waals surface area contributed by atoms with E-state index in [9.17, 15) is 0 Å². The molecule has 1 rings (SSSR count). The standard InChI is InChI=1S/C14H23NS/c1-5-13(15)9-12-6-7-14(8-11(12)4)16-10(2)3/h6-8,10,13H,5,9,15H2,1-4H3. The van der Waals surface area contributed by atoms with E-state index in [1.54, 1.807) is 0 Å². The molecule has 1 aromatic carbocycles. The summed E-state index contributed by atoms with van der Waals surface area (Å²) in [5.41, 5.74) is 8.75. The van der Waals surface area contributed by atoms with Gasteiger partial charge in [0.15, 0.2) is 0 Å². The Balaban J connectivity index is 2.75. The van der Waals surface area contributed by atoms with Gasteiger partial charge in [-0.2, -0.15) is 0 Å². The minimum atomic E-state index is 0.294. The molecule has 0 fully saturated rings. The van der Waals surface area contributed by atoms with Gasteiger partial charge < -0.3 is 5.73 Å². The molecule has 90 valence electrons. The zero-order chi connectivity index (χ0) is 12.1. The van der Waals surface area contributed by atoms with Gasteiger partial charge >= 0.3 is 0 Å². The van der Waals surface area contributed by atoms with Crippen LogP contribution in [-0.2, 0) is 6.42 Å². The van der Waals surface area contributed by atoms with Crippen LogP contribution in [0.1, 0.15) is 38.3 Å². The van der Waals surface area contributed by atoms with Gasteiger partial charge in [-0.25, -0.2) is 0 Å². The van der Waals surface area contributed by atoms with Crippen molar-refractivity contribution in [1.82, 2.24) is 0 Å². The lowest BCUT2D eigenvalue weighted by Gasteiger charge is -2.13. The predicted octanol–water partition coefficient (Wildman–Crippen LogP) is 3.78. The van der Waals surface area contributed by atoms with Gasteiger partial charge in [0.1, 0.15) is 0 Å². The van der Waals surface area contributed by atoms with Gasteiger partial charge in [0.2, 0.25) is 0 Å². The van der Waals surface area contributed by atoms with E-state index in [0.717, 1.165) is 12.8 Å². The molecule has 0 aliphatic heterocycles. The predicted molar refractivity (Wildman–Crippen MR) is 74.1 cm³/mol. The molecule has 0 aliphatic carbocycles. The summed E-state index contributed by atoms with van der Waals surface area (Å²) >= 11 is 1.91. The number of rotatable bonds is 5. The highest BCUT2D eigenvalue weighted by Gasteiger charge is 2.06. The van der Waals surface area contributed by atoms with Crippen LogP contribution in [0.2, 0.25) is 0 Å². The van der Waals surface area contributed by atoms with Crippen molar-refractivity contribution in [3.05, 3.63) is 29.3 Å². The van der Waals surface area contributed by atoms with Gasteiger partial charge in [-0.1, -0.05) is 26.8 Å². The smallest absolute Gasteiger partial charge is 0.00774 e. The highest BCUT2D eigenvalue weighted by atomic mass is 32.2. The van der Waals surface area contributed by atoms with Crippen LogP contribution in [-0.4, -0.2) is 11.3 Å². The van der Waals surface area contributed by atoms with Crippen LogP contribution in [0, 0.1) is 6.92 Å². The van der Waals surface area contributed by atoms with E-state index in [1.807, 2.05) is 11.8 Å². The lowest BCUT2D eigenvalue weighted by atomic mass is 10.0. The summed E-state index contributed by atoms with van der Waals surface area (Å²) in [4.78, 5) is 1.36. The Labute approximate surface area is 104 Å². The fraction of sp³-hybridized carbons (Fsp3) is 0.571. The molecule has 0 aliphatic rings. The Bertz CT molecular complexity index is 334. The van der Waals surface area contributed by atoms with Crippen molar-refractivity contribution in [3.8, 4) is 0 Å². The van der Waals surface area contributed by atoms with E-state index in [-0.39, 0.29) is 0 Å². The molecule has 0 saturated carbocycles. The van der Waals surface area contributed by atoms with Gasteiger partial charge in [-0.3, -0.25) is 0 Å². The molecule has 1 nitrogen and oxygen atoms in total. The van der Waals surface area contributed by atoms with Crippen molar-refractivity contribution in [2.24, 2.45) is 5.73 Å². The number of aryl methyl sites for hydroxylation is 1. The molecular formula is C14H23NS. The van der Waals surface area contributed by atoms with Gasteiger partial charge in [0.05, 0.1) is 0 Å². The van der Waals surface area contributed by atoms with E-state index < -0.39 is 0 Å². The zero-order valence-corrected chi connectivity index (χ0v) is 11.6. The number of thioether (sulfide) groups is 1. The first-order valence-corrected chi connectivity index (χ1v) is 6.92.